The number of anilines is 1. The van der Waals surface area contributed by atoms with Crippen LogP contribution in [0.15, 0.2) is 24.3 Å². The molecule has 1 aromatic carbocycles. The van der Waals surface area contributed by atoms with Crippen molar-refractivity contribution in [3.8, 4) is 0 Å². The van der Waals surface area contributed by atoms with Crippen LogP contribution < -0.4 is 11.1 Å². The summed E-state index contributed by atoms with van der Waals surface area (Å²) in [6.07, 6.45) is 1.02. The molecule has 1 heterocycles. The molecule has 106 valence electrons. The second kappa shape index (κ2) is 6.05. The first kappa shape index (κ1) is 14.5. The molecule has 1 aromatic heterocycles. The highest BCUT2D eigenvalue weighted by atomic mass is 32.1. The molecule has 20 heavy (non-hydrogen) atoms. The number of hydrogen-bond acceptors (Lipinski definition) is 3. The zero-order valence-electron chi connectivity index (χ0n) is 12.1. The molecule has 0 radical (unpaired) electrons. The molecule has 0 atom stereocenters. The van der Waals surface area contributed by atoms with Crippen LogP contribution in [0.3, 0.4) is 0 Å². The number of nitrogens with zero attached hydrogens (tertiary/aromatic N) is 2. The fourth-order valence-corrected chi connectivity index (χ4v) is 2.65. The summed E-state index contributed by atoms with van der Waals surface area (Å²) in [6.45, 7) is 4.81. The first-order valence-corrected chi connectivity index (χ1v) is 7.09. The molecule has 0 bridgehead atoms. The van der Waals surface area contributed by atoms with Gasteiger partial charge in [0.05, 0.1) is 11.3 Å². The number of aryl methyl sites for hydroxylation is 3. The Morgan fingerprint density at radius 3 is 2.60 bits per heavy atom. The maximum Gasteiger partial charge on any atom is 0.134 e. The van der Waals surface area contributed by atoms with Crippen LogP contribution in [0.4, 0.5) is 5.82 Å². The first-order valence-electron chi connectivity index (χ1n) is 6.68. The van der Waals surface area contributed by atoms with E-state index in [0.29, 0.717) is 4.99 Å². The Hall–Kier alpha value is -1.88. The van der Waals surface area contributed by atoms with Crippen molar-refractivity contribution < 1.29 is 0 Å². The van der Waals surface area contributed by atoms with Crippen LogP contribution >= 0.6 is 12.2 Å². The van der Waals surface area contributed by atoms with Crippen LogP contribution in [-0.4, -0.2) is 14.8 Å². The Kier molecular flexibility index (Phi) is 4.39. The van der Waals surface area contributed by atoms with Gasteiger partial charge in [0.15, 0.2) is 0 Å². The summed E-state index contributed by atoms with van der Waals surface area (Å²) in [5, 5.41) is 7.78. The van der Waals surface area contributed by atoms with Crippen molar-refractivity contribution in [2.75, 3.05) is 5.32 Å². The van der Waals surface area contributed by atoms with E-state index in [-0.39, 0.29) is 0 Å². The summed E-state index contributed by atoms with van der Waals surface area (Å²) in [5.74, 6) is 0.876. The van der Waals surface area contributed by atoms with Crippen LogP contribution in [0, 0.1) is 6.92 Å². The Morgan fingerprint density at radius 2 is 2.00 bits per heavy atom. The fraction of sp³-hybridized carbons (Fsp3) is 0.333. The van der Waals surface area contributed by atoms with Gasteiger partial charge < -0.3 is 11.1 Å². The van der Waals surface area contributed by atoms with Crippen molar-refractivity contribution in [2.45, 2.75) is 26.8 Å². The third-order valence-corrected chi connectivity index (χ3v) is 3.62. The minimum atomic E-state index is 0.377. The highest BCUT2D eigenvalue weighted by Crippen LogP contribution is 2.20. The van der Waals surface area contributed by atoms with Crippen LogP contribution in [0.2, 0.25) is 0 Å². The number of nitrogens with one attached hydrogen (secondary N) is 1. The third-order valence-electron chi connectivity index (χ3n) is 3.41. The number of nitrogens with two attached hydrogens (primary N) is 1. The minimum Gasteiger partial charge on any atom is -0.389 e. The van der Waals surface area contributed by atoms with E-state index in [0.717, 1.165) is 30.0 Å². The fourth-order valence-electron chi connectivity index (χ4n) is 2.41. The van der Waals surface area contributed by atoms with Gasteiger partial charge in [0.1, 0.15) is 10.8 Å². The van der Waals surface area contributed by atoms with E-state index in [1.165, 1.54) is 11.1 Å². The summed E-state index contributed by atoms with van der Waals surface area (Å²) in [7, 11) is 1.89. The summed E-state index contributed by atoms with van der Waals surface area (Å²) >= 11 is 5.11. The summed E-state index contributed by atoms with van der Waals surface area (Å²) in [4.78, 5) is 0.377. The number of hydrogen-bond donors (Lipinski definition) is 2. The lowest BCUT2D eigenvalue weighted by molar-refractivity contribution is 0.757. The second-order valence-electron chi connectivity index (χ2n) is 4.77. The number of benzene rings is 1. The van der Waals surface area contributed by atoms with Crippen molar-refractivity contribution in [1.29, 1.82) is 0 Å². The van der Waals surface area contributed by atoms with Gasteiger partial charge in [-0.25, -0.2) is 0 Å². The number of thiocarbonyl (C=S) groups is 1. The predicted molar refractivity (Wildman–Crippen MR) is 87.0 cm³/mol. The highest BCUT2D eigenvalue weighted by Gasteiger charge is 2.15. The summed E-state index contributed by atoms with van der Waals surface area (Å²) in [6, 6.07) is 8.41. The molecule has 0 spiro atoms. The van der Waals surface area contributed by atoms with Crippen molar-refractivity contribution in [2.24, 2.45) is 12.8 Å². The van der Waals surface area contributed by atoms with Gasteiger partial charge >= 0.3 is 0 Å². The molecule has 0 saturated heterocycles. The lowest BCUT2D eigenvalue weighted by Gasteiger charge is -2.12. The smallest absolute Gasteiger partial charge is 0.134 e. The maximum absolute atomic E-state index is 5.79. The number of rotatable bonds is 5. The van der Waals surface area contributed by atoms with Crippen LogP contribution in [0.5, 0.6) is 0 Å². The van der Waals surface area contributed by atoms with Gasteiger partial charge in [0.2, 0.25) is 0 Å². The van der Waals surface area contributed by atoms with E-state index in [1.807, 2.05) is 14.0 Å². The molecule has 0 aliphatic heterocycles. The molecule has 2 aromatic rings. The topological polar surface area (TPSA) is 55.9 Å². The lowest BCUT2D eigenvalue weighted by atomic mass is 10.1. The quantitative estimate of drug-likeness (QED) is 0.830. The van der Waals surface area contributed by atoms with Crippen LogP contribution in [-0.2, 0) is 20.0 Å². The minimum absolute atomic E-state index is 0.377. The van der Waals surface area contributed by atoms with Crippen molar-refractivity contribution in [1.82, 2.24) is 9.78 Å². The largest absolute Gasteiger partial charge is 0.389 e. The van der Waals surface area contributed by atoms with Crippen molar-refractivity contribution in [3.05, 3.63) is 46.6 Å². The molecule has 2 rings (SSSR count). The summed E-state index contributed by atoms with van der Waals surface area (Å²) < 4.78 is 1.79. The van der Waals surface area contributed by atoms with Crippen LogP contribution in [0.1, 0.15) is 29.3 Å². The third kappa shape index (κ3) is 2.82. The molecule has 0 unspecified atom stereocenters. The molecule has 0 fully saturated rings. The van der Waals surface area contributed by atoms with Crippen LogP contribution in [0.25, 0.3) is 0 Å². The Balaban J connectivity index is 2.25. The van der Waals surface area contributed by atoms with E-state index >= 15 is 0 Å². The normalized spacial score (nSPS) is 10.6. The predicted octanol–water partition coefficient (Wildman–Crippen LogP) is 2.54. The molecular formula is C15H20N4S. The first-order chi connectivity index (χ1) is 9.54. The van der Waals surface area contributed by atoms with Gasteiger partial charge in [-0.1, -0.05) is 43.4 Å². The monoisotopic (exact) mass is 288 g/mol. The van der Waals surface area contributed by atoms with Crippen molar-refractivity contribution in [3.63, 3.8) is 0 Å². The van der Waals surface area contributed by atoms with Gasteiger partial charge in [0.25, 0.3) is 0 Å². The molecule has 0 aliphatic carbocycles. The van der Waals surface area contributed by atoms with Gasteiger partial charge in [-0.15, -0.1) is 0 Å². The standard InChI is InChI=1S/C15H20N4S/c1-4-11-7-5-6-8-12(11)9-17-15-13(14(16)20)10(2)18-19(15)3/h5-8,17H,4,9H2,1-3H3,(H2,16,20). The zero-order valence-corrected chi connectivity index (χ0v) is 12.9. The van der Waals surface area contributed by atoms with E-state index in [4.69, 9.17) is 18.0 Å². The SMILES string of the molecule is CCc1ccccc1CNc1c(C(N)=S)c(C)nn1C. The van der Waals surface area contributed by atoms with Gasteiger partial charge in [-0.2, -0.15) is 5.10 Å². The molecule has 4 nitrogen and oxygen atoms in total. The molecule has 0 aliphatic rings. The number of aromatic nitrogens is 2. The maximum atomic E-state index is 5.79. The molecular weight excluding hydrogens is 268 g/mol. The average molecular weight is 288 g/mol. The Labute approximate surface area is 125 Å². The van der Waals surface area contributed by atoms with E-state index in [2.05, 4.69) is 41.6 Å². The van der Waals surface area contributed by atoms with Gasteiger partial charge in [-0.3, -0.25) is 4.68 Å². The summed E-state index contributed by atoms with van der Waals surface area (Å²) in [5.41, 5.74) is 10.1. The van der Waals surface area contributed by atoms with E-state index in [9.17, 15) is 0 Å². The molecule has 5 heteroatoms. The van der Waals surface area contributed by atoms with E-state index < -0.39 is 0 Å². The Bertz CT molecular complexity index is 631. The van der Waals surface area contributed by atoms with Crippen molar-refractivity contribution >= 4 is 23.0 Å². The van der Waals surface area contributed by atoms with Gasteiger partial charge in [-0.05, 0) is 24.5 Å². The second-order valence-corrected chi connectivity index (χ2v) is 5.21. The Morgan fingerprint density at radius 1 is 1.35 bits per heavy atom. The lowest BCUT2D eigenvalue weighted by Crippen LogP contribution is -2.14. The van der Waals surface area contributed by atoms with Gasteiger partial charge in [0, 0.05) is 13.6 Å². The average Bonchev–Trinajstić information content (AvgIpc) is 2.71. The zero-order chi connectivity index (χ0) is 14.7. The highest BCUT2D eigenvalue weighted by molar-refractivity contribution is 7.80. The molecule has 3 N–H and O–H groups in total. The molecule has 0 amide bonds. The molecule has 0 saturated carbocycles. The van der Waals surface area contributed by atoms with E-state index in [1.54, 1.807) is 4.68 Å².